The molecule has 0 bridgehead atoms. The van der Waals surface area contributed by atoms with Crippen LogP contribution < -0.4 is 20.1 Å². The van der Waals surface area contributed by atoms with Gasteiger partial charge in [-0.1, -0.05) is 24.3 Å². The Balaban J connectivity index is 1.65. The Hall–Kier alpha value is -2.69. The fraction of sp³-hybridized carbons (Fsp3) is 0.381. The molecule has 2 N–H and O–H groups in total. The van der Waals surface area contributed by atoms with Gasteiger partial charge < -0.3 is 20.1 Å². The Morgan fingerprint density at radius 2 is 1.58 bits per heavy atom. The first-order valence-corrected chi connectivity index (χ1v) is 8.95. The maximum atomic E-state index is 5.26. The van der Waals surface area contributed by atoms with Gasteiger partial charge in [0.2, 0.25) is 0 Å². The minimum absolute atomic E-state index is 0.835. The lowest BCUT2D eigenvalue weighted by Gasteiger charge is -2.12. The number of hydrogen-bond donors (Lipinski definition) is 2. The fourth-order valence-corrected chi connectivity index (χ4v) is 2.67. The number of rotatable bonds is 9. The molecular formula is C21H29N3O2. The highest BCUT2D eigenvalue weighted by Gasteiger charge is 2.00. The average molecular weight is 355 g/mol. The lowest BCUT2D eigenvalue weighted by Crippen LogP contribution is -2.38. The maximum Gasteiger partial charge on any atom is 0.190 e. The third-order valence-corrected chi connectivity index (χ3v) is 4.16. The van der Waals surface area contributed by atoms with Crippen LogP contribution in [0.3, 0.4) is 0 Å². The summed E-state index contributed by atoms with van der Waals surface area (Å²) in [5.41, 5.74) is 2.56. The van der Waals surface area contributed by atoms with Gasteiger partial charge in [-0.25, -0.2) is 0 Å². The number of nitrogens with zero attached hydrogens (tertiary/aromatic N) is 1. The summed E-state index contributed by atoms with van der Waals surface area (Å²) < 4.78 is 10.4. The van der Waals surface area contributed by atoms with Crippen molar-refractivity contribution in [2.24, 2.45) is 4.99 Å². The Kier molecular flexibility index (Phi) is 8.33. The van der Waals surface area contributed by atoms with Gasteiger partial charge in [0.15, 0.2) is 5.96 Å². The van der Waals surface area contributed by atoms with Gasteiger partial charge in [-0.2, -0.15) is 0 Å². The molecule has 0 saturated carbocycles. The van der Waals surface area contributed by atoms with Crippen LogP contribution in [0.4, 0.5) is 0 Å². The standard InChI is InChI=1S/C21H29N3O2/c1-22-21(24-15-13-17-9-11-19(25-2)12-10-17)23-14-5-7-18-6-4-8-20(16-18)26-3/h4,6,8-12,16H,5,7,13-15H2,1-3H3,(H2,22,23,24). The van der Waals surface area contributed by atoms with Crippen LogP contribution in [0.5, 0.6) is 11.5 Å². The van der Waals surface area contributed by atoms with E-state index in [0.29, 0.717) is 0 Å². The van der Waals surface area contributed by atoms with Gasteiger partial charge in [0.25, 0.3) is 0 Å². The highest BCUT2D eigenvalue weighted by atomic mass is 16.5. The molecule has 0 saturated heterocycles. The molecule has 0 aliphatic rings. The zero-order valence-electron chi connectivity index (χ0n) is 15.9. The first-order valence-electron chi connectivity index (χ1n) is 8.95. The summed E-state index contributed by atoms with van der Waals surface area (Å²) >= 11 is 0. The summed E-state index contributed by atoms with van der Waals surface area (Å²) in [4.78, 5) is 4.27. The minimum atomic E-state index is 0.835. The third-order valence-electron chi connectivity index (χ3n) is 4.16. The van der Waals surface area contributed by atoms with Crippen LogP contribution in [-0.4, -0.2) is 40.3 Å². The van der Waals surface area contributed by atoms with E-state index in [9.17, 15) is 0 Å². The maximum absolute atomic E-state index is 5.26. The molecule has 5 nitrogen and oxygen atoms in total. The summed E-state index contributed by atoms with van der Waals surface area (Å²) in [6.45, 7) is 1.71. The zero-order chi connectivity index (χ0) is 18.6. The molecule has 0 unspecified atom stereocenters. The molecule has 0 amide bonds. The average Bonchev–Trinajstić information content (AvgIpc) is 2.70. The molecule has 0 spiro atoms. The normalized spacial score (nSPS) is 11.1. The van der Waals surface area contributed by atoms with Crippen LogP contribution in [0.2, 0.25) is 0 Å². The van der Waals surface area contributed by atoms with E-state index in [1.54, 1.807) is 21.3 Å². The number of nitrogens with one attached hydrogen (secondary N) is 2. The quantitative estimate of drug-likeness (QED) is 0.412. The first-order chi connectivity index (χ1) is 12.7. The summed E-state index contributed by atoms with van der Waals surface area (Å²) in [6, 6.07) is 16.4. The predicted molar refractivity (Wildman–Crippen MR) is 107 cm³/mol. The fourth-order valence-electron chi connectivity index (χ4n) is 2.67. The number of hydrogen-bond acceptors (Lipinski definition) is 3. The molecule has 0 atom stereocenters. The molecule has 140 valence electrons. The number of aryl methyl sites for hydroxylation is 1. The van der Waals surface area contributed by atoms with Crippen LogP contribution in [-0.2, 0) is 12.8 Å². The lowest BCUT2D eigenvalue weighted by molar-refractivity contribution is 0.414. The van der Waals surface area contributed by atoms with E-state index in [0.717, 1.165) is 49.8 Å². The third kappa shape index (κ3) is 6.67. The van der Waals surface area contributed by atoms with Crippen molar-refractivity contribution in [1.29, 1.82) is 0 Å². The van der Waals surface area contributed by atoms with Crippen molar-refractivity contribution in [3.63, 3.8) is 0 Å². The topological polar surface area (TPSA) is 54.9 Å². The van der Waals surface area contributed by atoms with E-state index in [-0.39, 0.29) is 0 Å². The smallest absolute Gasteiger partial charge is 0.190 e. The van der Waals surface area contributed by atoms with Crippen LogP contribution >= 0.6 is 0 Å². The van der Waals surface area contributed by atoms with E-state index in [2.05, 4.69) is 39.9 Å². The van der Waals surface area contributed by atoms with Crippen molar-refractivity contribution < 1.29 is 9.47 Å². The van der Waals surface area contributed by atoms with Crippen molar-refractivity contribution in [1.82, 2.24) is 10.6 Å². The first kappa shape index (κ1) is 19.6. The molecule has 0 aromatic heterocycles. The Morgan fingerprint density at radius 3 is 2.27 bits per heavy atom. The van der Waals surface area contributed by atoms with E-state index >= 15 is 0 Å². The van der Waals surface area contributed by atoms with Gasteiger partial charge in [-0.3, -0.25) is 4.99 Å². The van der Waals surface area contributed by atoms with Crippen LogP contribution in [0, 0.1) is 0 Å². The van der Waals surface area contributed by atoms with Crippen molar-refractivity contribution in [3.8, 4) is 11.5 Å². The Labute approximate surface area is 156 Å². The van der Waals surface area contributed by atoms with Crippen LogP contribution in [0.15, 0.2) is 53.5 Å². The summed E-state index contributed by atoms with van der Waals surface area (Å²) in [5.74, 6) is 2.63. The van der Waals surface area contributed by atoms with Gasteiger partial charge in [0.1, 0.15) is 11.5 Å². The van der Waals surface area contributed by atoms with Gasteiger partial charge in [-0.05, 0) is 54.7 Å². The van der Waals surface area contributed by atoms with E-state index < -0.39 is 0 Å². The SMILES string of the molecule is CN=C(NCCCc1cccc(OC)c1)NCCc1ccc(OC)cc1. The molecule has 2 aromatic carbocycles. The second-order valence-corrected chi connectivity index (χ2v) is 5.98. The summed E-state index contributed by atoms with van der Waals surface area (Å²) in [6.07, 6.45) is 2.98. The largest absolute Gasteiger partial charge is 0.497 e. The van der Waals surface area contributed by atoms with E-state index in [4.69, 9.17) is 9.47 Å². The molecule has 0 aliphatic carbocycles. The monoisotopic (exact) mass is 355 g/mol. The number of ether oxygens (including phenoxy) is 2. The highest BCUT2D eigenvalue weighted by molar-refractivity contribution is 5.79. The molecule has 2 aromatic rings. The van der Waals surface area contributed by atoms with Gasteiger partial charge >= 0.3 is 0 Å². The number of benzene rings is 2. The number of guanidine groups is 1. The van der Waals surface area contributed by atoms with Crippen molar-refractivity contribution in [2.75, 3.05) is 34.4 Å². The minimum Gasteiger partial charge on any atom is -0.497 e. The molecule has 0 aliphatic heterocycles. The second-order valence-electron chi connectivity index (χ2n) is 5.98. The Bertz CT molecular complexity index is 684. The lowest BCUT2D eigenvalue weighted by atomic mass is 10.1. The van der Waals surface area contributed by atoms with Crippen molar-refractivity contribution >= 4 is 5.96 Å². The predicted octanol–water partition coefficient (Wildman–Crippen LogP) is 3.04. The molecule has 0 heterocycles. The second kappa shape index (κ2) is 11.0. The van der Waals surface area contributed by atoms with Crippen molar-refractivity contribution in [3.05, 3.63) is 59.7 Å². The molecule has 0 radical (unpaired) electrons. The van der Waals surface area contributed by atoms with Gasteiger partial charge in [0.05, 0.1) is 14.2 Å². The highest BCUT2D eigenvalue weighted by Crippen LogP contribution is 2.13. The van der Waals surface area contributed by atoms with Gasteiger partial charge in [0, 0.05) is 20.1 Å². The van der Waals surface area contributed by atoms with Gasteiger partial charge in [-0.15, -0.1) is 0 Å². The van der Waals surface area contributed by atoms with Crippen LogP contribution in [0.25, 0.3) is 0 Å². The molecular weight excluding hydrogens is 326 g/mol. The Morgan fingerprint density at radius 1 is 0.846 bits per heavy atom. The van der Waals surface area contributed by atoms with Crippen molar-refractivity contribution in [2.45, 2.75) is 19.3 Å². The summed E-state index contributed by atoms with van der Waals surface area (Å²) in [7, 11) is 5.17. The molecule has 2 rings (SSSR count). The molecule has 26 heavy (non-hydrogen) atoms. The van der Waals surface area contributed by atoms with E-state index in [1.165, 1.54) is 11.1 Å². The molecule has 5 heteroatoms. The molecule has 0 fully saturated rings. The summed E-state index contributed by atoms with van der Waals surface area (Å²) in [5, 5.41) is 6.71. The zero-order valence-corrected chi connectivity index (χ0v) is 15.9. The van der Waals surface area contributed by atoms with Crippen LogP contribution in [0.1, 0.15) is 17.5 Å². The van der Waals surface area contributed by atoms with E-state index in [1.807, 2.05) is 24.3 Å². The number of methoxy groups -OCH3 is 2. The number of aliphatic imine (C=N–C) groups is 1.